The molecule has 12 heteroatoms. The summed E-state index contributed by atoms with van der Waals surface area (Å²) in [5.74, 6) is 0.985. The maximum atomic E-state index is 12.8. The highest BCUT2D eigenvalue weighted by Gasteiger charge is 2.49. The van der Waals surface area contributed by atoms with E-state index in [0.717, 1.165) is 36.2 Å². The van der Waals surface area contributed by atoms with E-state index in [-0.39, 0.29) is 23.9 Å². The average molecular weight is 466 g/mol. The number of aryl methyl sites for hydroxylation is 3. The van der Waals surface area contributed by atoms with Crippen LogP contribution in [0.5, 0.6) is 0 Å². The fourth-order valence-corrected chi connectivity index (χ4v) is 5.77. The van der Waals surface area contributed by atoms with E-state index in [2.05, 4.69) is 30.6 Å². The standard InChI is InChI=1S/C20H31N7O4S/c1-13-16(14(2)24-23-13)10-21-18(28)11-26-12-20(5-7-27(8-6-20)32(4,29)30)9-17(26)19-22-15(3)25-31-19/h17H,5-12H2,1-4H3,(H,21,28)(H,23,24). The van der Waals surface area contributed by atoms with E-state index >= 15 is 0 Å². The summed E-state index contributed by atoms with van der Waals surface area (Å²) in [5, 5.41) is 14.0. The number of nitrogens with zero attached hydrogens (tertiary/aromatic N) is 5. The van der Waals surface area contributed by atoms with E-state index in [0.29, 0.717) is 37.9 Å². The van der Waals surface area contributed by atoms with Crippen molar-refractivity contribution in [3.8, 4) is 0 Å². The molecule has 1 atom stereocenters. The predicted molar refractivity (Wildman–Crippen MR) is 116 cm³/mol. The Bertz CT molecular complexity index is 1070. The summed E-state index contributed by atoms with van der Waals surface area (Å²) in [5.41, 5.74) is 2.74. The van der Waals surface area contributed by atoms with Crippen LogP contribution in [-0.4, -0.2) is 76.3 Å². The third-order valence-corrected chi connectivity index (χ3v) is 8.08. The highest BCUT2D eigenvalue weighted by atomic mass is 32.2. The molecule has 2 aliphatic rings. The van der Waals surface area contributed by atoms with E-state index in [1.807, 2.05) is 13.8 Å². The first-order valence-electron chi connectivity index (χ1n) is 10.8. The van der Waals surface area contributed by atoms with Crippen molar-refractivity contribution in [3.05, 3.63) is 28.7 Å². The fourth-order valence-electron chi connectivity index (χ4n) is 4.92. The van der Waals surface area contributed by atoms with Gasteiger partial charge in [0.05, 0.1) is 24.5 Å². The summed E-state index contributed by atoms with van der Waals surface area (Å²) < 4.78 is 30.9. The van der Waals surface area contributed by atoms with Crippen LogP contribution in [0.25, 0.3) is 0 Å². The Hall–Kier alpha value is -2.31. The van der Waals surface area contributed by atoms with Gasteiger partial charge >= 0.3 is 0 Å². The number of sulfonamides is 1. The molecule has 4 heterocycles. The van der Waals surface area contributed by atoms with Crippen molar-refractivity contribution in [3.63, 3.8) is 0 Å². The summed E-state index contributed by atoms with van der Waals surface area (Å²) in [6, 6.07) is -0.163. The molecule has 0 aromatic carbocycles. The average Bonchev–Trinajstić information content (AvgIpc) is 3.38. The lowest BCUT2D eigenvalue weighted by molar-refractivity contribution is -0.122. The van der Waals surface area contributed by atoms with Gasteiger partial charge in [-0.05, 0) is 45.4 Å². The molecule has 11 nitrogen and oxygen atoms in total. The Labute approximate surface area is 188 Å². The number of hydrogen-bond acceptors (Lipinski definition) is 8. The van der Waals surface area contributed by atoms with Crippen LogP contribution >= 0.6 is 0 Å². The van der Waals surface area contributed by atoms with Gasteiger partial charge in [0.1, 0.15) is 0 Å². The molecule has 0 bridgehead atoms. The van der Waals surface area contributed by atoms with Crippen molar-refractivity contribution in [2.24, 2.45) is 5.41 Å². The van der Waals surface area contributed by atoms with Crippen LogP contribution in [-0.2, 0) is 21.4 Å². The third kappa shape index (κ3) is 4.71. The summed E-state index contributed by atoms with van der Waals surface area (Å²) in [6.45, 7) is 7.91. The maximum Gasteiger partial charge on any atom is 0.244 e. The van der Waals surface area contributed by atoms with Crippen LogP contribution in [0.15, 0.2) is 4.52 Å². The zero-order chi connectivity index (χ0) is 23.1. The number of likely N-dealkylation sites (tertiary alicyclic amines) is 1. The zero-order valence-corrected chi connectivity index (χ0v) is 19.8. The van der Waals surface area contributed by atoms with Crippen LogP contribution in [0.2, 0.25) is 0 Å². The van der Waals surface area contributed by atoms with Gasteiger partial charge < -0.3 is 9.84 Å². The van der Waals surface area contributed by atoms with Crippen LogP contribution < -0.4 is 5.32 Å². The normalized spacial score (nSPS) is 21.9. The van der Waals surface area contributed by atoms with Crippen LogP contribution in [0.4, 0.5) is 0 Å². The largest absolute Gasteiger partial charge is 0.351 e. The number of carbonyl (C=O) groups is 1. The van der Waals surface area contributed by atoms with Crippen molar-refractivity contribution in [2.75, 3.05) is 32.4 Å². The molecule has 0 aliphatic carbocycles. The molecule has 2 saturated heterocycles. The molecular weight excluding hydrogens is 434 g/mol. The van der Waals surface area contributed by atoms with Gasteiger partial charge in [-0.3, -0.25) is 14.8 Å². The van der Waals surface area contributed by atoms with E-state index in [9.17, 15) is 13.2 Å². The van der Waals surface area contributed by atoms with Crippen molar-refractivity contribution in [2.45, 2.75) is 52.6 Å². The van der Waals surface area contributed by atoms with Crippen LogP contribution in [0.3, 0.4) is 0 Å². The lowest BCUT2D eigenvalue weighted by Gasteiger charge is -2.38. The van der Waals surface area contributed by atoms with E-state index in [4.69, 9.17) is 4.52 Å². The van der Waals surface area contributed by atoms with E-state index in [1.165, 1.54) is 10.6 Å². The van der Waals surface area contributed by atoms with E-state index < -0.39 is 10.0 Å². The number of piperidine rings is 1. The number of carbonyl (C=O) groups excluding carboxylic acids is 1. The van der Waals surface area contributed by atoms with Gasteiger partial charge in [-0.1, -0.05) is 5.16 Å². The fraction of sp³-hybridized carbons (Fsp3) is 0.700. The minimum Gasteiger partial charge on any atom is -0.351 e. The molecule has 2 aromatic heterocycles. The predicted octanol–water partition coefficient (Wildman–Crippen LogP) is 0.823. The van der Waals surface area contributed by atoms with Crippen molar-refractivity contribution in [1.82, 2.24) is 34.9 Å². The number of H-pyrrole nitrogens is 1. The molecule has 2 aromatic rings. The van der Waals surface area contributed by atoms with Gasteiger partial charge in [0, 0.05) is 37.4 Å². The topological polar surface area (TPSA) is 137 Å². The first-order valence-corrected chi connectivity index (χ1v) is 12.7. The molecule has 4 rings (SSSR count). The molecule has 1 spiro atoms. The van der Waals surface area contributed by atoms with Crippen LogP contribution in [0.1, 0.15) is 54.0 Å². The van der Waals surface area contributed by atoms with Gasteiger partial charge in [0.25, 0.3) is 0 Å². The molecule has 1 unspecified atom stereocenters. The van der Waals surface area contributed by atoms with Gasteiger partial charge in [0.15, 0.2) is 5.82 Å². The Morgan fingerprint density at radius 1 is 1.28 bits per heavy atom. The zero-order valence-electron chi connectivity index (χ0n) is 19.0. The first-order chi connectivity index (χ1) is 15.1. The van der Waals surface area contributed by atoms with Gasteiger partial charge in [0.2, 0.25) is 21.8 Å². The van der Waals surface area contributed by atoms with Crippen LogP contribution in [0, 0.1) is 26.2 Å². The quantitative estimate of drug-likeness (QED) is 0.640. The first kappa shape index (κ1) is 22.9. The van der Waals surface area contributed by atoms with Gasteiger partial charge in [-0.2, -0.15) is 10.1 Å². The molecule has 0 saturated carbocycles. The number of aromatic nitrogens is 4. The number of nitrogens with one attached hydrogen (secondary N) is 2. The third-order valence-electron chi connectivity index (χ3n) is 6.78. The molecule has 32 heavy (non-hydrogen) atoms. The molecule has 0 radical (unpaired) electrons. The minimum absolute atomic E-state index is 0.0771. The van der Waals surface area contributed by atoms with Crippen molar-refractivity contribution in [1.29, 1.82) is 0 Å². The molecule has 2 aliphatic heterocycles. The molecule has 1 amide bonds. The second-order valence-corrected chi connectivity index (χ2v) is 11.1. The monoisotopic (exact) mass is 465 g/mol. The lowest BCUT2D eigenvalue weighted by Crippen LogP contribution is -2.44. The highest BCUT2D eigenvalue weighted by Crippen LogP contribution is 2.48. The van der Waals surface area contributed by atoms with E-state index in [1.54, 1.807) is 6.92 Å². The SMILES string of the molecule is Cc1noc(C2CC3(CCN(S(C)(=O)=O)CC3)CN2CC(=O)NCc2c(C)n[nH]c2C)n1. The van der Waals surface area contributed by atoms with Gasteiger partial charge in [-0.15, -0.1) is 0 Å². The number of aromatic amines is 1. The lowest BCUT2D eigenvalue weighted by atomic mass is 9.77. The van der Waals surface area contributed by atoms with Crippen molar-refractivity contribution >= 4 is 15.9 Å². The highest BCUT2D eigenvalue weighted by molar-refractivity contribution is 7.88. The number of amides is 1. The molecule has 2 N–H and O–H groups in total. The summed E-state index contributed by atoms with van der Waals surface area (Å²) in [6.07, 6.45) is 3.51. The number of hydrogen-bond donors (Lipinski definition) is 2. The minimum atomic E-state index is -3.20. The Morgan fingerprint density at radius 2 is 2.00 bits per heavy atom. The second-order valence-electron chi connectivity index (χ2n) is 9.16. The molecule has 176 valence electrons. The molecular formula is C20H31N7O4S. The molecule has 2 fully saturated rings. The Balaban J connectivity index is 1.46. The Morgan fingerprint density at radius 3 is 2.56 bits per heavy atom. The second kappa shape index (κ2) is 8.56. The maximum absolute atomic E-state index is 12.8. The van der Waals surface area contributed by atoms with Gasteiger partial charge in [-0.25, -0.2) is 12.7 Å². The summed E-state index contributed by atoms with van der Waals surface area (Å²) >= 11 is 0. The summed E-state index contributed by atoms with van der Waals surface area (Å²) in [7, 11) is -3.20. The number of rotatable bonds is 6. The summed E-state index contributed by atoms with van der Waals surface area (Å²) in [4.78, 5) is 19.3. The smallest absolute Gasteiger partial charge is 0.244 e. The Kier molecular flexibility index (Phi) is 6.12. The van der Waals surface area contributed by atoms with Crippen molar-refractivity contribution < 1.29 is 17.7 Å².